The van der Waals surface area contributed by atoms with E-state index in [1.54, 1.807) is 12.1 Å². The Hall–Kier alpha value is -3.76. The number of nitrogens with zero attached hydrogens (tertiary/aromatic N) is 4. The number of carbonyl (C=O) groups is 2. The molecule has 2 fully saturated rings. The third-order valence-corrected chi connectivity index (χ3v) is 15.7. The Morgan fingerprint density at radius 2 is 1.00 bits per heavy atom. The second kappa shape index (κ2) is 18.3. The van der Waals surface area contributed by atoms with Gasteiger partial charge in [0.15, 0.2) is 0 Å². The predicted molar refractivity (Wildman–Crippen MR) is 239 cm³/mol. The lowest BCUT2D eigenvalue weighted by Crippen LogP contribution is -2.63. The van der Waals surface area contributed by atoms with Gasteiger partial charge in [-0.05, 0) is 152 Å². The summed E-state index contributed by atoms with van der Waals surface area (Å²) < 4.78 is 0. The molecule has 2 amide bonds. The topological polar surface area (TPSA) is 113 Å². The van der Waals surface area contributed by atoms with Crippen LogP contribution in [0.4, 0.5) is 0 Å². The zero-order valence-electron chi connectivity index (χ0n) is 37.2. The summed E-state index contributed by atoms with van der Waals surface area (Å²) in [4.78, 5) is 67.8. The molecule has 4 aliphatic carbocycles. The maximum Gasteiger partial charge on any atom is 0.248 e. The van der Waals surface area contributed by atoms with Crippen molar-refractivity contribution in [2.24, 2.45) is 23.7 Å². The van der Waals surface area contributed by atoms with Crippen molar-refractivity contribution in [3.8, 4) is 0 Å². The lowest BCUT2D eigenvalue weighted by atomic mass is 9.56. The number of allylic oxidation sites excluding steroid dienone is 2. The highest BCUT2D eigenvalue weighted by atomic mass is 16.2. The molecular formula is C50H72N6O4. The fourth-order valence-corrected chi connectivity index (χ4v) is 13.3. The first-order valence-electron chi connectivity index (χ1n) is 23.8. The number of rotatable bonds is 17. The first-order valence-corrected chi connectivity index (χ1v) is 23.8. The number of fused-ring (bicyclic) bond motifs is 2. The summed E-state index contributed by atoms with van der Waals surface area (Å²) in [6.07, 6.45) is 24.9. The van der Waals surface area contributed by atoms with Crippen molar-refractivity contribution in [2.75, 3.05) is 53.4 Å². The number of pyridine rings is 2. The van der Waals surface area contributed by atoms with Crippen molar-refractivity contribution in [3.05, 3.63) is 90.8 Å². The largest absolute Gasteiger partial charge is 0.331 e. The molecule has 2 aliphatic heterocycles. The molecule has 10 heteroatoms. The Labute approximate surface area is 358 Å². The van der Waals surface area contributed by atoms with Crippen LogP contribution in [0.2, 0.25) is 0 Å². The van der Waals surface area contributed by atoms with Gasteiger partial charge in [-0.1, -0.05) is 74.7 Å². The van der Waals surface area contributed by atoms with Gasteiger partial charge in [0, 0.05) is 36.6 Å². The molecule has 2 aromatic heterocycles. The van der Waals surface area contributed by atoms with Gasteiger partial charge < -0.3 is 19.8 Å². The summed E-state index contributed by atoms with van der Waals surface area (Å²) >= 11 is 0. The number of H-pyrrole nitrogens is 2. The van der Waals surface area contributed by atoms with Gasteiger partial charge in [-0.25, -0.2) is 0 Å². The highest BCUT2D eigenvalue weighted by Gasteiger charge is 2.58. The summed E-state index contributed by atoms with van der Waals surface area (Å²) in [6, 6.07) is 7.35. The van der Waals surface area contributed by atoms with Crippen molar-refractivity contribution in [2.45, 2.75) is 141 Å². The van der Waals surface area contributed by atoms with Crippen molar-refractivity contribution in [1.29, 1.82) is 0 Å². The molecule has 0 aromatic carbocycles. The molecule has 0 spiro atoms. The van der Waals surface area contributed by atoms with Crippen LogP contribution in [0, 0.1) is 23.7 Å². The molecule has 4 heterocycles. The van der Waals surface area contributed by atoms with Gasteiger partial charge in [-0.3, -0.25) is 29.0 Å². The van der Waals surface area contributed by atoms with Crippen molar-refractivity contribution < 1.29 is 9.59 Å². The number of unbranched alkanes of at least 4 members (excludes halogenated alkanes) is 9. The minimum absolute atomic E-state index is 0.0494. The maximum absolute atomic E-state index is 14.1. The van der Waals surface area contributed by atoms with Crippen LogP contribution in [-0.4, -0.2) is 94.7 Å². The fourth-order valence-electron chi connectivity index (χ4n) is 13.3. The van der Waals surface area contributed by atoms with Crippen LogP contribution < -0.4 is 11.1 Å². The molecule has 0 saturated carbocycles. The van der Waals surface area contributed by atoms with Gasteiger partial charge in [0.25, 0.3) is 0 Å². The van der Waals surface area contributed by atoms with Gasteiger partial charge in [0.1, 0.15) is 0 Å². The molecule has 2 N–H and O–H groups in total. The Bertz CT molecular complexity index is 1920. The highest BCUT2D eigenvalue weighted by molar-refractivity contribution is 5.80. The third-order valence-electron chi connectivity index (χ3n) is 15.7. The summed E-state index contributed by atoms with van der Waals surface area (Å²) in [5.74, 6) is 2.04. The molecule has 0 unspecified atom stereocenters. The number of nitrogens with one attached hydrogen (secondary N) is 2. The van der Waals surface area contributed by atoms with Crippen LogP contribution in [-0.2, 0) is 33.5 Å². The molecule has 8 rings (SSSR count). The first kappa shape index (κ1) is 42.9. The van der Waals surface area contributed by atoms with Crippen molar-refractivity contribution >= 4 is 11.8 Å². The van der Waals surface area contributed by atoms with Crippen LogP contribution in [0.25, 0.3) is 0 Å². The van der Waals surface area contributed by atoms with Gasteiger partial charge in [-0.15, -0.1) is 0 Å². The van der Waals surface area contributed by atoms with Gasteiger partial charge in [-0.2, -0.15) is 0 Å². The molecule has 2 saturated heterocycles. The number of hydrogen-bond donors (Lipinski definition) is 2. The van der Waals surface area contributed by atoms with E-state index in [0.29, 0.717) is 36.8 Å². The second-order valence-corrected chi connectivity index (χ2v) is 20.0. The van der Waals surface area contributed by atoms with E-state index < -0.39 is 0 Å². The van der Waals surface area contributed by atoms with Gasteiger partial charge in [0.2, 0.25) is 22.9 Å². The summed E-state index contributed by atoms with van der Waals surface area (Å²) in [5.41, 5.74) is 6.37. The number of carbonyl (C=O) groups excluding carboxylic acids is 2. The van der Waals surface area contributed by atoms with E-state index in [9.17, 15) is 19.2 Å². The van der Waals surface area contributed by atoms with Crippen LogP contribution >= 0.6 is 0 Å². The van der Waals surface area contributed by atoms with Crippen LogP contribution in [0.15, 0.2) is 57.2 Å². The molecule has 6 aliphatic rings. The summed E-state index contributed by atoms with van der Waals surface area (Å²) in [6.45, 7) is 8.79. The lowest BCUT2D eigenvalue weighted by molar-refractivity contribution is -0.149. The number of amides is 2. The van der Waals surface area contributed by atoms with Crippen molar-refractivity contribution in [3.63, 3.8) is 0 Å². The Kier molecular flexibility index (Phi) is 13.1. The van der Waals surface area contributed by atoms with E-state index in [1.165, 1.54) is 73.6 Å². The zero-order chi connectivity index (χ0) is 42.0. The standard InChI is InChI=1S/C50H72N6O4/c1-35-27-37-29-43-41(19-21-45(57)51-43)49(31-35)39(37)17-15-25-55(49)47(59)33-53(3)23-13-11-9-7-5-6-8-10-12-14-24-54(4)34-48(60)56-26-16-18-40-38-28-36(2)32-50(40,56)42-20-22-46(58)52-44(42)30-38/h19-22,27-28,37-40H,5-18,23-26,29-34H2,1-4H3,(H,51,57)(H,52,58)/t37-,38-,39+,40+,49+,50+/m0/s1. The fraction of sp³-hybridized carbons (Fsp3) is 0.680. The Balaban J connectivity index is 0.701. The molecular weight excluding hydrogens is 749 g/mol. The molecule has 2 aromatic rings. The minimum atomic E-state index is -0.336. The van der Waals surface area contributed by atoms with E-state index in [-0.39, 0.29) is 34.0 Å². The van der Waals surface area contributed by atoms with E-state index in [4.69, 9.17) is 0 Å². The number of aromatic nitrogens is 2. The minimum Gasteiger partial charge on any atom is -0.331 e. The highest BCUT2D eigenvalue weighted by Crippen LogP contribution is 2.58. The zero-order valence-corrected chi connectivity index (χ0v) is 37.2. The van der Waals surface area contributed by atoms with Crippen molar-refractivity contribution in [1.82, 2.24) is 29.6 Å². The molecule has 10 nitrogen and oxygen atoms in total. The summed E-state index contributed by atoms with van der Waals surface area (Å²) in [7, 11) is 4.20. The molecule has 4 bridgehead atoms. The third kappa shape index (κ3) is 8.41. The number of likely N-dealkylation sites (N-methyl/N-ethyl adjacent to an activating group) is 2. The Morgan fingerprint density at radius 1 is 0.617 bits per heavy atom. The Morgan fingerprint density at radius 3 is 1.40 bits per heavy atom. The maximum atomic E-state index is 14.1. The summed E-state index contributed by atoms with van der Waals surface area (Å²) in [5, 5.41) is 0. The number of hydrogen-bond acceptors (Lipinski definition) is 6. The average molecular weight is 821 g/mol. The second-order valence-electron chi connectivity index (χ2n) is 20.0. The normalized spacial score (nSPS) is 27.8. The van der Waals surface area contributed by atoms with E-state index in [0.717, 1.165) is 102 Å². The SMILES string of the molecule is CC1=C[C@H]2Cc3[nH]c(=O)ccc3[C@@]3(C1)[C@@H]2CCCN3C(=O)CN(C)CCCCCCCCCCCCN(C)CC(=O)N1CCC[C@@H]2[C@H]3C=C(C)C[C@]21c1ccc(=O)[nH]c1C3. The van der Waals surface area contributed by atoms with E-state index in [2.05, 4.69) is 69.7 Å². The lowest BCUT2D eigenvalue weighted by Gasteiger charge is -2.59. The van der Waals surface area contributed by atoms with Gasteiger partial charge in [0.05, 0.1) is 24.2 Å². The quantitative estimate of drug-likeness (QED) is 0.127. The number of aromatic amines is 2. The molecule has 0 radical (unpaired) electrons. The number of piperidine rings is 2. The van der Waals surface area contributed by atoms with Gasteiger partial charge >= 0.3 is 0 Å². The smallest absolute Gasteiger partial charge is 0.248 e. The monoisotopic (exact) mass is 821 g/mol. The average Bonchev–Trinajstić information content (AvgIpc) is 3.19. The van der Waals surface area contributed by atoms with Crippen LogP contribution in [0.5, 0.6) is 0 Å². The van der Waals surface area contributed by atoms with E-state index in [1.807, 2.05) is 12.1 Å². The molecule has 326 valence electrons. The predicted octanol–water partition coefficient (Wildman–Crippen LogP) is 7.44. The van der Waals surface area contributed by atoms with Crippen LogP contribution in [0.3, 0.4) is 0 Å². The van der Waals surface area contributed by atoms with E-state index >= 15 is 0 Å². The first-order chi connectivity index (χ1) is 29.0. The number of likely N-dealkylation sites (tertiary alicyclic amines) is 2. The molecule has 6 atom stereocenters. The van der Waals surface area contributed by atoms with Crippen LogP contribution in [0.1, 0.15) is 139 Å². The molecule has 60 heavy (non-hydrogen) atoms.